The van der Waals surface area contributed by atoms with Crippen molar-refractivity contribution in [1.82, 2.24) is 9.55 Å². The summed E-state index contributed by atoms with van der Waals surface area (Å²) in [6, 6.07) is 6.39. The zero-order chi connectivity index (χ0) is 12.5. The molecule has 0 amide bonds. The summed E-state index contributed by atoms with van der Waals surface area (Å²) in [6.07, 6.45) is 3.26. The van der Waals surface area contributed by atoms with Crippen molar-refractivity contribution in [1.29, 1.82) is 0 Å². The summed E-state index contributed by atoms with van der Waals surface area (Å²) in [7, 11) is 0. The van der Waals surface area contributed by atoms with Gasteiger partial charge in [-0.2, -0.15) is 0 Å². The molecule has 0 aliphatic rings. The molecule has 0 spiro atoms. The lowest BCUT2D eigenvalue weighted by Gasteiger charge is -2.05. The molecule has 0 aliphatic carbocycles. The summed E-state index contributed by atoms with van der Waals surface area (Å²) in [4.78, 5) is 4.39. The first-order valence-corrected chi connectivity index (χ1v) is 6.03. The predicted octanol–water partition coefficient (Wildman–Crippen LogP) is 3.56. The van der Waals surface area contributed by atoms with Gasteiger partial charge in [0.15, 0.2) is 0 Å². The van der Waals surface area contributed by atoms with Crippen LogP contribution in [0.4, 0.5) is 4.39 Å². The van der Waals surface area contributed by atoms with Gasteiger partial charge >= 0.3 is 0 Å². The molecule has 0 fully saturated rings. The minimum atomic E-state index is -0.281. The number of benzene rings is 1. The van der Waals surface area contributed by atoms with Crippen LogP contribution in [0.1, 0.15) is 11.4 Å². The van der Waals surface area contributed by atoms with Crippen LogP contribution in [-0.2, 0) is 12.4 Å². The highest BCUT2D eigenvalue weighted by atomic mass is 35.5. The lowest BCUT2D eigenvalue weighted by molar-refractivity contribution is 0.562. The Morgan fingerprint density at radius 1 is 1.33 bits per heavy atom. The van der Waals surface area contributed by atoms with Crippen molar-refractivity contribution in [2.45, 2.75) is 12.4 Å². The molecular weight excluding hydrogens is 255 g/mol. The maximum absolute atomic E-state index is 13.3. The van der Waals surface area contributed by atoms with E-state index in [-0.39, 0.29) is 11.7 Å². The molecule has 0 saturated carbocycles. The number of aromatic nitrogens is 2. The molecule has 3 aromatic rings. The molecule has 1 aromatic carbocycles. The molecule has 0 bridgehead atoms. The maximum atomic E-state index is 13.3. The van der Waals surface area contributed by atoms with E-state index in [0.717, 1.165) is 22.4 Å². The molecular formula is C13H10ClFN2O. The van der Waals surface area contributed by atoms with Crippen molar-refractivity contribution in [3.8, 4) is 0 Å². The minimum absolute atomic E-state index is 0.281. The third kappa shape index (κ3) is 1.88. The summed E-state index contributed by atoms with van der Waals surface area (Å²) < 4.78 is 20.2. The van der Waals surface area contributed by atoms with Crippen molar-refractivity contribution in [2.75, 3.05) is 0 Å². The van der Waals surface area contributed by atoms with Crippen molar-refractivity contribution >= 4 is 22.6 Å². The Labute approximate surface area is 108 Å². The molecule has 0 radical (unpaired) electrons. The van der Waals surface area contributed by atoms with Gasteiger partial charge in [-0.05, 0) is 24.3 Å². The number of halogens is 2. The molecule has 3 rings (SSSR count). The number of fused-ring (bicyclic) bond motifs is 1. The molecule has 3 nitrogen and oxygen atoms in total. The van der Waals surface area contributed by atoms with E-state index in [1.165, 1.54) is 12.1 Å². The van der Waals surface area contributed by atoms with Crippen LogP contribution in [0, 0.1) is 5.82 Å². The summed E-state index contributed by atoms with van der Waals surface area (Å²) in [5.74, 6) is 0.726. The summed E-state index contributed by atoms with van der Waals surface area (Å²) in [6.45, 7) is 0.568. The third-order valence-electron chi connectivity index (χ3n) is 2.83. The van der Waals surface area contributed by atoms with Crippen molar-refractivity contribution < 1.29 is 8.81 Å². The Kier molecular flexibility index (Phi) is 2.80. The molecule has 0 N–H and O–H groups in total. The van der Waals surface area contributed by atoms with E-state index in [4.69, 9.17) is 16.0 Å². The second kappa shape index (κ2) is 4.46. The number of furan rings is 1. The van der Waals surface area contributed by atoms with Crippen molar-refractivity contribution in [3.63, 3.8) is 0 Å². The van der Waals surface area contributed by atoms with E-state index in [0.29, 0.717) is 6.54 Å². The molecule has 0 atom stereocenters. The van der Waals surface area contributed by atoms with E-state index >= 15 is 0 Å². The molecule has 5 heteroatoms. The number of hydrogen-bond donors (Lipinski definition) is 0. The van der Waals surface area contributed by atoms with Crippen LogP contribution < -0.4 is 0 Å². The van der Waals surface area contributed by atoms with Gasteiger partial charge in [-0.1, -0.05) is 0 Å². The Hall–Kier alpha value is -1.81. The Morgan fingerprint density at radius 2 is 2.22 bits per heavy atom. The Morgan fingerprint density at radius 3 is 2.94 bits per heavy atom. The van der Waals surface area contributed by atoms with Gasteiger partial charge in [-0.15, -0.1) is 11.6 Å². The van der Waals surface area contributed by atoms with E-state index in [1.807, 2.05) is 10.6 Å². The molecule has 92 valence electrons. The van der Waals surface area contributed by atoms with Crippen LogP contribution in [0.5, 0.6) is 0 Å². The number of hydrogen-bond acceptors (Lipinski definition) is 2. The SMILES string of the molecule is Fc1ccc2nc(CCl)n(Cc3ccoc3)c2c1. The fourth-order valence-corrected chi connectivity index (χ4v) is 2.19. The Balaban J connectivity index is 2.15. The van der Waals surface area contributed by atoms with Crippen molar-refractivity contribution in [3.05, 3.63) is 54.0 Å². The first kappa shape index (κ1) is 11.3. The van der Waals surface area contributed by atoms with E-state index < -0.39 is 0 Å². The van der Waals surface area contributed by atoms with Gasteiger partial charge in [0.2, 0.25) is 0 Å². The van der Waals surface area contributed by atoms with E-state index in [1.54, 1.807) is 18.6 Å². The highest BCUT2D eigenvalue weighted by Gasteiger charge is 2.11. The maximum Gasteiger partial charge on any atom is 0.125 e. The van der Waals surface area contributed by atoms with Gasteiger partial charge in [0, 0.05) is 5.56 Å². The number of nitrogens with zero attached hydrogens (tertiary/aromatic N) is 2. The largest absolute Gasteiger partial charge is 0.472 e. The third-order valence-corrected chi connectivity index (χ3v) is 3.07. The predicted molar refractivity (Wildman–Crippen MR) is 67.1 cm³/mol. The average molecular weight is 265 g/mol. The topological polar surface area (TPSA) is 31.0 Å². The normalized spacial score (nSPS) is 11.2. The van der Waals surface area contributed by atoms with Crippen LogP contribution in [0.3, 0.4) is 0 Å². The summed E-state index contributed by atoms with van der Waals surface area (Å²) in [5.41, 5.74) is 2.48. The van der Waals surface area contributed by atoms with Crippen LogP contribution in [0.15, 0.2) is 41.2 Å². The van der Waals surface area contributed by atoms with E-state index in [9.17, 15) is 4.39 Å². The summed E-state index contributed by atoms with van der Waals surface area (Å²) >= 11 is 5.88. The smallest absolute Gasteiger partial charge is 0.125 e. The average Bonchev–Trinajstić information content (AvgIpc) is 2.98. The van der Waals surface area contributed by atoms with Crippen molar-refractivity contribution in [2.24, 2.45) is 0 Å². The Bertz CT molecular complexity index is 676. The van der Waals surface area contributed by atoms with Gasteiger partial charge in [-0.3, -0.25) is 0 Å². The van der Waals surface area contributed by atoms with Gasteiger partial charge in [0.1, 0.15) is 11.6 Å². The fraction of sp³-hybridized carbons (Fsp3) is 0.154. The fourth-order valence-electron chi connectivity index (χ4n) is 1.99. The quantitative estimate of drug-likeness (QED) is 0.677. The second-order valence-electron chi connectivity index (χ2n) is 4.01. The highest BCUT2D eigenvalue weighted by molar-refractivity contribution is 6.16. The molecule has 18 heavy (non-hydrogen) atoms. The van der Waals surface area contributed by atoms with Crippen LogP contribution in [0.2, 0.25) is 0 Å². The lowest BCUT2D eigenvalue weighted by Crippen LogP contribution is -2.03. The lowest BCUT2D eigenvalue weighted by atomic mass is 10.3. The van der Waals surface area contributed by atoms with Crippen LogP contribution >= 0.6 is 11.6 Å². The monoisotopic (exact) mass is 264 g/mol. The van der Waals surface area contributed by atoms with Gasteiger partial charge in [0.25, 0.3) is 0 Å². The number of alkyl halides is 1. The minimum Gasteiger partial charge on any atom is -0.472 e. The van der Waals surface area contributed by atoms with E-state index in [2.05, 4.69) is 4.98 Å². The standard InChI is InChI=1S/C13H10ClFN2O/c14-6-13-16-11-2-1-10(15)5-12(11)17(13)7-9-3-4-18-8-9/h1-5,8H,6-7H2. The first-order valence-electron chi connectivity index (χ1n) is 5.49. The molecule has 0 saturated heterocycles. The molecule has 2 aromatic heterocycles. The van der Waals surface area contributed by atoms with Gasteiger partial charge < -0.3 is 8.98 Å². The molecule has 0 aliphatic heterocycles. The summed E-state index contributed by atoms with van der Waals surface area (Å²) in [5, 5.41) is 0. The van der Waals surface area contributed by atoms with Gasteiger partial charge in [0.05, 0.1) is 36.0 Å². The number of rotatable bonds is 3. The molecule has 0 unspecified atom stereocenters. The first-order chi connectivity index (χ1) is 8.78. The molecule has 2 heterocycles. The zero-order valence-electron chi connectivity index (χ0n) is 9.44. The van der Waals surface area contributed by atoms with Crippen LogP contribution in [-0.4, -0.2) is 9.55 Å². The highest BCUT2D eigenvalue weighted by Crippen LogP contribution is 2.20. The van der Waals surface area contributed by atoms with Crippen LogP contribution in [0.25, 0.3) is 11.0 Å². The second-order valence-corrected chi connectivity index (χ2v) is 4.28. The zero-order valence-corrected chi connectivity index (χ0v) is 10.2. The number of imidazole rings is 1. The van der Waals surface area contributed by atoms with Gasteiger partial charge in [-0.25, -0.2) is 9.37 Å².